The fraction of sp³-hybridized carbons (Fsp3) is 0. The fourth-order valence-corrected chi connectivity index (χ4v) is 18.0. The maximum Gasteiger partial charge on any atom is 0.235 e. The van der Waals surface area contributed by atoms with Crippen LogP contribution < -0.4 is 0 Å². The minimum atomic E-state index is 0.619. The first kappa shape index (κ1) is 61.8. The zero-order valence-electron chi connectivity index (χ0n) is 60.0. The van der Waals surface area contributed by atoms with Crippen molar-refractivity contribution in [2.75, 3.05) is 0 Å². The number of aromatic nitrogens is 8. The minimum Gasteiger partial charge on any atom is -0.456 e. The fourth-order valence-electron chi connectivity index (χ4n) is 18.0. The average molecular weight is 1430 g/mol. The lowest BCUT2D eigenvalue weighted by Gasteiger charge is -2.12. The molecule has 112 heavy (non-hydrogen) atoms. The smallest absolute Gasteiger partial charge is 0.235 e. The maximum atomic E-state index is 6.51. The van der Waals surface area contributed by atoms with Crippen LogP contribution in [0.3, 0.4) is 0 Å². The normalized spacial score (nSPS) is 12.1. The van der Waals surface area contributed by atoms with Crippen LogP contribution >= 0.6 is 0 Å². The molecular formula is C102H60N8O2. The van der Waals surface area contributed by atoms with Crippen LogP contribution in [-0.4, -0.2) is 38.2 Å². The van der Waals surface area contributed by atoms with Crippen molar-refractivity contribution in [3.8, 4) is 56.9 Å². The van der Waals surface area contributed by atoms with Gasteiger partial charge in [-0.3, -0.25) is 4.57 Å². The van der Waals surface area contributed by atoms with Gasteiger partial charge in [-0.2, -0.15) is 0 Å². The van der Waals surface area contributed by atoms with Crippen molar-refractivity contribution in [2.24, 2.45) is 0 Å². The highest BCUT2D eigenvalue weighted by atomic mass is 16.3. The summed E-state index contributed by atoms with van der Waals surface area (Å²) >= 11 is 0. The maximum absolute atomic E-state index is 6.51. The van der Waals surface area contributed by atoms with Crippen LogP contribution in [-0.2, 0) is 0 Å². The molecule has 0 aliphatic rings. The van der Waals surface area contributed by atoms with Crippen molar-refractivity contribution in [3.05, 3.63) is 364 Å². The Labute approximate surface area is 638 Å². The van der Waals surface area contributed by atoms with Crippen molar-refractivity contribution in [1.29, 1.82) is 0 Å². The second kappa shape index (κ2) is 24.1. The Morgan fingerprint density at radius 2 is 0.625 bits per heavy atom. The molecule has 8 aromatic heterocycles. The van der Waals surface area contributed by atoms with Crippen molar-refractivity contribution in [1.82, 2.24) is 38.2 Å². The highest BCUT2D eigenvalue weighted by Crippen LogP contribution is 2.48. The van der Waals surface area contributed by atoms with Crippen LogP contribution in [0.15, 0.2) is 373 Å². The molecule has 520 valence electrons. The summed E-state index contributed by atoms with van der Waals surface area (Å²) < 4.78 is 22.5. The molecular weight excluding hydrogens is 1370 g/mol. The molecule has 17 aromatic carbocycles. The van der Waals surface area contributed by atoms with Crippen LogP contribution in [0.4, 0.5) is 0 Å². The molecule has 10 nitrogen and oxygen atoms in total. The number of benzene rings is 17. The molecule has 0 N–H and O–H groups in total. The first-order valence-corrected chi connectivity index (χ1v) is 37.9. The van der Waals surface area contributed by atoms with E-state index < -0.39 is 0 Å². The van der Waals surface area contributed by atoms with Crippen LogP contribution in [0.1, 0.15) is 0 Å². The molecule has 0 spiro atoms. The predicted octanol–water partition coefficient (Wildman–Crippen LogP) is 26.8. The SMILES string of the molecule is c1ccc(-c2nc(-c3ccc(-n4c5ccccc5c5c4ccc4c6cc7c(cc6n(-c6ccc8ccccc8c6)c45)oc4ccccc47)cc3)nc3ccccc23)cc1.c1ccc(-c2nc(-n3c4cc5oc6ccccc6c5cc4c4ccc5c(c6ccccc6n5-c5ccc6ccccc6c5)c43)nc3ccccc23)cc1. The van der Waals surface area contributed by atoms with E-state index in [2.05, 4.69) is 334 Å². The van der Waals surface area contributed by atoms with Gasteiger partial charge >= 0.3 is 0 Å². The highest BCUT2D eigenvalue weighted by molar-refractivity contribution is 6.30. The third-order valence-electron chi connectivity index (χ3n) is 23.0. The zero-order chi connectivity index (χ0) is 73.2. The summed E-state index contributed by atoms with van der Waals surface area (Å²) in [5.74, 6) is 1.32. The topological polar surface area (TPSA) is 97.6 Å². The van der Waals surface area contributed by atoms with E-state index in [1.54, 1.807) is 0 Å². The van der Waals surface area contributed by atoms with E-state index >= 15 is 0 Å². The van der Waals surface area contributed by atoms with E-state index in [9.17, 15) is 0 Å². The molecule has 0 radical (unpaired) electrons. The molecule has 0 saturated carbocycles. The highest BCUT2D eigenvalue weighted by Gasteiger charge is 2.27. The Morgan fingerprint density at radius 1 is 0.205 bits per heavy atom. The molecule has 10 heteroatoms. The van der Waals surface area contributed by atoms with E-state index in [1.807, 2.05) is 48.5 Å². The molecule has 0 aliphatic carbocycles. The average Bonchev–Trinajstić information content (AvgIpc) is 1.54. The van der Waals surface area contributed by atoms with Gasteiger partial charge in [0.05, 0.1) is 66.6 Å². The quantitative estimate of drug-likeness (QED) is 0.158. The van der Waals surface area contributed by atoms with Gasteiger partial charge in [0.15, 0.2) is 5.82 Å². The number of rotatable bonds is 7. The van der Waals surface area contributed by atoms with Crippen LogP contribution in [0.5, 0.6) is 0 Å². The Bertz CT molecular complexity index is 8270. The largest absolute Gasteiger partial charge is 0.456 e. The second-order valence-electron chi connectivity index (χ2n) is 29.2. The molecule has 0 atom stereocenters. The van der Waals surface area contributed by atoms with Crippen LogP contribution in [0.25, 0.3) is 231 Å². The first-order valence-electron chi connectivity index (χ1n) is 37.9. The number of hydrogen-bond acceptors (Lipinski definition) is 6. The predicted molar refractivity (Wildman–Crippen MR) is 462 cm³/mol. The van der Waals surface area contributed by atoms with E-state index in [0.29, 0.717) is 11.8 Å². The molecule has 0 amide bonds. The van der Waals surface area contributed by atoms with Crippen molar-refractivity contribution < 1.29 is 8.83 Å². The Hall–Kier alpha value is -15.3. The van der Waals surface area contributed by atoms with Gasteiger partial charge in [-0.25, -0.2) is 19.9 Å². The molecule has 0 saturated heterocycles. The number of furan rings is 2. The van der Waals surface area contributed by atoms with Crippen molar-refractivity contribution in [3.63, 3.8) is 0 Å². The summed E-state index contributed by atoms with van der Waals surface area (Å²) in [6.45, 7) is 0. The van der Waals surface area contributed by atoms with Crippen molar-refractivity contribution >= 4 is 174 Å². The first-order chi connectivity index (χ1) is 55.5. The Kier molecular flexibility index (Phi) is 13.3. The lowest BCUT2D eigenvalue weighted by atomic mass is 10.1. The van der Waals surface area contributed by atoms with E-state index in [0.717, 1.165) is 166 Å². The third-order valence-corrected chi connectivity index (χ3v) is 23.0. The monoisotopic (exact) mass is 1430 g/mol. The van der Waals surface area contributed by atoms with Crippen LogP contribution in [0.2, 0.25) is 0 Å². The third kappa shape index (κ3) is 9.33. The number of hydrogen-bond donors (Lipinski definition) is 0. The van der Waals surface area contributed by atoms with Gasteiger partial charge < -0.3 is 22.5 Å². The molecule has 25 rings (SSSR count). The van der Waals surface area contributed by atoms with E-state index in [1.165, 1.54) is 54.0 Å². The number of fused-ring (bicyclic) bond motifs is 24. The standard InChI is InChI=1S/C54H32N4O.C48H28N4O/c1-2-13-34(14-3-1)52-41-17-6-9-19-45(41)55-54(56-52)35-23-25-37(26-24-35)57-46-20-10-7-18-42(46)51-47(57)29-28-40-43-31-44-39-16-8-11-21-49(39)59-50(44)32-48(43)58(53(40)51)38-27-22-33-12-4-5-15-36(33)30-38;1-2-13-30(14-3-1)46-35-17-6-9-19-39(35)49-48(50-46)52-42-28-44-38(33-16-8-11-21-43(33)53-44)27-37(42)34-24-25-41-45(47(34)52)36-18-7-10-20-40(36)51(41)32-23-22-29-12-4-5-15-31(29)26-32/h1-32H;1-28H. The van der Waals surface area contributed by atoms with E-state index in [-0.39, 0.29) is 0 Å². The molecule has 0 fully saturated rings. The summed E-state index contributed by atoms with van der Waals surface area (Å²) in [4.78, 5) is 21.0. The van der Waals surface area contributed by atoms with Gasteiger partial charge in [0.25, 0.3) is 0 Å². The van der Waals surface area contributed by atoms with Crippen LogP contribution in [0, 0.1) is 0 Å². The van der Waals surface area contributed by atoms with Gasteiger partial charge in [0.2, 0.25) is 5.95 Å². The zero-order valence-corrected chi connectivity index (χ0v) is 60.0. The van der Waals surface area contributed by atoms with Gasteiger partial charge in [0, 0.05) is 121 Å². The summed E-state index contributed by atoms with van der Waals surface area (Å²) in [6, 6.07) is 129. The minimum absolute atomic E-state index is 0.619. The molecule has 0 bridgehead atoms. The van der Waals surface area contributed by atoms with Gasteiger partial charge in [-0.05, 0) is 131 Å². The van der Waals surface area contributed by atoms with Crippen molar-refractivity contribution in [2.45, 2.75) is 0 Å². The second-order valence-corrected chi connectivity index (χ2v) is 29.2. The summed E-state index contributed by atoms with van der Waals surface area (Å²) in [6.07, 6.45) is 0. The molecule has 25 aromatic rings. The Balaban J connectivity index is 0.000000131. The lowest BCUT2D eigenvalue weighted by Crippen LogP contribution is -2.03. The van der Waals surface area contributed by atoms with E-state index in [4.69, 9.17) is 28.8 Å². The molecule has 0 aliphatic heterocycles. The summed E-state index contributed by atoms with van der Waals surface area (Å²) in [5, 5.41) is 20.7. The van der Waals surface area contributed by atoms with Gasteiger partial charge in [0.1, 0.15) is 22.3 Å². The summed E-state index contributed by atoms with van der Waals surface area (Å²) in [5.41, 5.74) is 22.4. The Morgan fingerprint density at radius 3 is 1.18 bits per heavy atom. The molecule has 8 heterocycles. The number of para-hydroxylation sites is 6. The van der Waals surface area contributed by atoms with Gasteiger partial charge in [-0.15, -0.1) is 0 Å². The lowest BCUT2D eigenvalue weighted by molar-refractivity contribution is 0.669. The van der Waals surface area contributed by atoms with Gasteiger partial charge in [-0.1, -0.05) is 243 Å². The molecule has 0 unspecified atom stereocenters. The summed E-state index contributed by atoms with van der Waals surface area (Å²) in [7, 11) is 0. The number of nitrogens with zero attached hydrogens (tertiary/aromatic N) is 8.